The normalized spacial score (nSPS) is 12.3. The van der Waals surface area contributed by atoms with Crippen molar-refractivity contribution in [1.82, 2.24) is 5.32 Å². The van der Waals surface area contributed by atoms with Crippen LogP contribution in [0, 0.1) is 6.92 Å². The molecule has 0 aliphatic rings. The van der Waals surface area contributed by atoms with Crippen molar-refractivity contribution in [3.63, 3.8) is 0 Å². The Morgan fingerprint density at radius 1 is 1.05 bits per heavy atom. The van der Waals surface area contributed by atoms with Crippen LogP contribution in [0.4, 0.5) is 0 Å². The Morgan fingerprint density at radius 2 is 1.75 bits per heavy atom. The van der Waals surface area contributed by atoms with E-state index in [9.17, 15) is 5.11 Å². The van der Waals surface area contributed by atoms with Crippen molar-refractivity contribution in [3.8, 4) is 5.75 Å². The minimum atomic E-state index is -0.457. The number of para-hydroxylation sites is 1. The van der Waals surface area contributed by atoms with E-state index < -0.39 is 6.10 Å². The molecule has 1 radical (unpaired) electrons. The van der Waals surface area contributed by atoms with Crippen molar-refractivity contribution >= 4 is 0 Å². The molecule has 1 aromatic carbocycles. The standard InChI is InChI=1S/C17H28NO2/c1-2-3-4-5-6-10-13-18-14-16(19)15-20-17-11-8-7-9-12-17/h7-9,11-12,16,18-19H,1-6,10,13-15H2. The maximum absolute atomic E-state index is 9.79. The molecule has 3 heteroatoms. The number of aliphatic hydroxyl groups is 1. The fourth-order valence-corrected chi connectivity index (χ4v) is 1.99. The smallest absolute Gasteiger partial charge is 0.119 e. The lowest BCUT2D eigenvalue weighted by atomic mass is 10.1. The molecule has 1 aromatic rings. The lowest BCUT2D eigenvalue weighted by Gasteiger charge is -2.13. The highest BCUT2D eigenvalue weighted by Gasteiger charge is 2.04. The van der Waals surface area contributed by atoms with Gasteiger partial charge < -0.3 is 15.2 Å². The van der Waals surface area contributed by atoms with Gasteiger partial charge in [0, 0.05) is 6.54 Å². The van der Waals surface area contributed by atoms with Gasteiger partial charge in [-0.2, -0.15) is 0 Å². The fraction of sp³-hybridized carbons (Fsp3) is 0.588. The van der Waals surface area contributed by atoms with Gasteiger partial charge in [-0.3, -0.25) is 0 Å². The van der Waals surface area contributed by atoms with Crippen molar-refractivity contribution in [2.45, 2.75) is 44.6 Å². The summed E-state index contributed by atoms with van der Waals surface area (Å²) in [6, 6.07) is 9.59. The summed E-state index contributed by atoms with van der Waals surface area (Å²) in [4.78, 5) is 0. The molecule has 1 atom stereocenters. The quantitative estimate of drug-likeness (QED) is 0.577. The van der Waals surface area contributed by atoms with Crippen LogP contribution in [-0.2, 0) is 0 Å². The molecule has 0 bridgehead atoms. The van der Waals surface area contributed by atoms with Crippen LogP contribution in [0.2, 0.25) is 0 Å². The zero-order valence-corrected chi connectivity index (χ0v) is 12.4. The molecule has 0 spiro atoms. The highest BCUT2D eigenvalue weighted by molar-refractivity contribution is 5.20. The Labute approximate surface area is 123 Å². The molecule has 0 saturated carbocycles. The largest absolute Gasteiger partial charge is 0.491 e. The van der Waals surface area contributed by atoms with Crippen molar-refractivity contribution in [2.24, 2.45) is 0 Å². The lowest BCUT2D eigenvalue weighted by Crippen LogP contribution is -2.32. The number of unbranched alkanes of at least 4 members (excludes halogenated alkanes) is 5. The van der Waals surface area contributed by atoms with Crippen LogP contribution in [0.3, 0.4) is 0 Å². The summed E-state index contributed by atoms with van der Waals surface area (Å²) < 4.78 is 5.49. The van der Waals surface area contributed by atoms with Gasteiger partial charge in [0.25, 0.3) is 0 Å². The first kappa shape index (κ1) is 17.0. The fourth-order valence-electron chi connectivity index (χ4n) is 1.99. The first-order valence-electron chi connectivity index (χ1n) is 7.69. The molecule has 1 rings (SSSR count). The average Bonchev–Trinajstić information content (AvgIpc) is 2.49. The number of nitrogens with one attached hydrogen (secondary N) is 1. The summed E-state index contributed by atoms with van der Waals surface area (Å²) in [6.45, 7) is 5.73. The average molecular weight is 278 g/mol. The molecule has 0 aliphatic heterocycles. The van der Waals surface area contributed by atoms with Crippen LogP contribution in [0.1, 0.15) is 38.5 Å². The SMILES string of the molecule is [CH2]CCCCCCCNCC(O)COc1ccccc1. The first-order chi connectivity index (χ1) is 9.83. The third-order valence-corrected chi connectivity index (χ3v) is 3.17. The highest BCUT2D eigenvalue weighted by atomic mass is 16.5. The highest BCUT2D eigenvalue weighted by Crippen LogP contribution is 2.08. The molecule has 0 heterocycles. The predicted octanol–water partition coefficient (Wildman–Crippen LogP) is 3.19. The monoisotopic (exact) mass is 278 g/mol. The molecule has 113 valence electrons. The Morgan fingerprint density at radius 3 is 2.50 bits per heavy atom. The zero-order valence-electron chi connectivity index (χ0n) is 12.4. The van der Waals surface area contributed by atoms with Gasteiger partial charge in [-0.15, -0.1) is 0 Å². The molecule has 0 amide bonds. The van der Waals surface area contributed by atoms with Crippen molar-refractivity contribution < 1.29 is 9.84 Å². The molecular formula is C17H28NO2. The molecule has 0 aromatic heterocycles. The Kier molecular flexibility index (Phi) is 9.98. The van der Waals surface area contributed by atoms with Gasteiger partial charge in [-0.05, 0) is 25.1 Å². The Balaban J connectivity index is 1.91. The van der Waals surface area contributed by atoms with Crippen LogP contribution in [0.25, 0.3) is 0 Å². The van der Waals surface area contributed by atoms with Crippen LogP contribution in [0.5, 0.6) is 5.75 Å². The van der Waals surface area contributed by atoms with E-state index in [0.29, 0.717) is 13.2 Å². The van der Waals surface area contributed by atoms with E-state index in [-0.39, 0.29) is 0 Å². The summed E-state index contributed by atoms with van der Waals surface area (Å²) in [5.74, 6) is 0.803. The van der Waals surface area contributed by atoms with Crippen molar-refractivity contribution in [2.75, 3.05) is 19.7 Å². The summed E-state index contributed by atoms with van der Waals surface area (Å²) >= 11 is 0. The third-order valence-electron chi connectivity index (χ3n) is 3.17. The van der Waals surface area contributed by atoms with Gasteiger partial charge >= 0.3 is 0 Å². The summed E-state index contributed by atoms with van der Waals surface area (Å²) in [5, 5.41) is 13.1. The summed E-state index contributed by atoms with van der Waals surface area (Å²) in [5.41, 5.74) is 0. The number of hydrogen-bond donors (Lipinski definition) is 2. The number of aliphatic hydroxyl groups excluding tert-OH is 1. The van der Waals surface area contributed by atoms with E-state index in [4.69, 9.17) is 4.74 Å². The van der Waals surface area contributed by atoms with Crippen LogP contribution in [0.15, 0.2) is 30.3 Å². The van der Waals surface area contributed by atoms with E-state index in [0.717, 1.165) is 18.7 Å². The minimum absolute atomic E-state index is 0.334. The molecule has 0 fully saturated rings. The topological polar surface area (TPSA) is 41.5 Å². The van der Waals surface area contributed by atoms with Crippen molar-refractivity contribution in [3.05, 3.63) is 37.3 Å². The van der Waals surface area contributed by atoms with Crippen LogP contribution >= 0.6 is 0 Å². The summed E-state index contributed by atoms with van der Waals surface area (Å²) in [7, 11) is 0. The van der Waals surface area contributed by atoms with Gasteiger partial charge in [0.1, 0.15) is 18.5 Å². The Bertz CT molecular complexity index is 316. The maximum atomic E-state index is 9.79. The second kappa shape index (κ2) is 11.7. The predicted molar refractivity (Wildman–Crippen MR) is 83.9 cm³/mol. The molecule has 2 N–H and O–H groups in total. The zero-order chi connectivity index (χ0) is 14.5. The molecule has 0 saturated heterocycles. The summed E-state index contributed by atoms with van der Waals surface area (Å²) in [6.07, 6.45) is 6.83. The van der Waals surface area contributed by atoms with Gasteiger partial charge in [-0.25, -0.2) is 0 Å². The molecule has 1 unspecified atom stereocenters. The number of benzene rings is 1. The van der Waals surface area contributed by atoms with Gasteiger partial charge in [0.05, 0.1) is 0 Å². The van der Waals surface area contributed by atoms with Crippen LogP contribution < -0.4 is 10.1 Å². The second-order valence-corrected chi connectivity index (χ2v) is 5.10. The number of rotatable bonds is 12. The maximum Gasteiger partial charge on any atom is 0.119 e. The van der Waals surface area contributed by atoms with E-state index in [1.54, 1.807) is 0 Å². The first-order valence-corrected chi connectivity index (χ1v) is 7.69. The lowest BCUT2D eigenvalue weighted by molar-refractivity contribution is 0.106. The molecule has 0 aliphatic carbocycles. The van der Waals surface area contributed by atoms with Gasteiger partial charge in [0.2, 0.25) is 0 Å². The number of ether oxygens (including phenoxy) is 1. The van der Waals surface area contributed by atoms with E-state index in [2.05, 4.69) is 12.2 Å². The van der Waals surface area contributed by atoms with Crippen LogP contribution in [-0.4, -0.2) is 30.9 Å². The third kappa shape index (κ3) is 8.94. The molecular weight excluding hydrogens is 250 g/mol. The number of hydrogen-bond acceptors (Lipinski definition) is 3. The van der Waals surface area contributed by atoms with E-state index in [1.165, 1.54) is 32.1 Å². The van der Waals surface area contributed by atoms with Gasteiger partial charge in [0.15, 0.2) is 0 Å². The van der Waals surface area contributed by atoms with Crippen molar-refractivity contribution in [1.29, 1.82) is 0 Å². The minimum Gasteiger partial charge on any atom is -0.491 e. The second-order valence-electron chi connectivity index (χ2n) is 5.10. The van der Waals surface area contributed by atoms with E-state index in [1.807, 2.05) is 30.3 Å². The van der Waals surface area contributed by atoms with Gasteiger partial charge in [-0.1, -0.05) is 57.2 Å². The molecule has 20 heavy (non-hydrogen) atoms. The van der Waals surface area contributed by atoms with E-state index >= 15 is 0 Å². The Hall–Kier alpha value is -1.06. The molecule has 3 nitrogen and oxygen atoms in total.